The molecule has 0 radical (unpaired) electrons. The van der Waals surface area contributed by atoms with E-state index in [2.05, 4.69) is 12.2 Å². The smallest absolute Gasteiger partial charge is 0.259 e. The van der Waals surface area contributed by atoms with Gasteiger partial charge in [0.15, 0.2) is 0 Å². The number of aryl methyl sites for hydroxylation is 1. The van der Waals surface area contributed by atoms with Crippen molar-refractivity contribution in [1.29, 1.82) is 0 Å². The van der Waals surface area contributed by atoms with Crippen molar-refractivity contribution in [2.75, 3.05) is 11.9 Å². The van der Waals surface area contributed by atoms with Gasteiger partial charge >= 0.3 is 0 Å². The monoisotopic (exact) mass is 283 g/mol. The maximum Gasteiger partial charge on any atom is 0.259 e. The van der Waals surface area contributed by atoms with Gasteiger partial charge in [0.1, 0.15) is 5.75 Å². The quantitative estimate of drug-likeness (QED) is 0.858. The van der Waals surface area contributed by atoms with Gasteiger partial charge in [0.2, 0.25) is 0 Å². The number of anilines is 1. The first kappa shape index (κ1) is 15.1. The van der Waals surface area contributed by atoms with E-state index < -0.39 is 0 Å². The SMILES string of the molecule is CCCOc1ccccc1C(=O)Nc1ccc(CC)cc1. The Labute approximate surface area is 126 Å². The molecular weight excluding hydrogens is 262 g/mol. The van der Waals surface area contributed by atoms with Gasteiger partial charge in [0.05, 0.1) is 12.2 Å². The lowest BCUT2D eigenvalue weighted by atomic mass is 10.1. The van der Waals surface area contributed by atoms with Crippen molar-refractivity contribution in [3.05, 3.63) is 59.7 Å². The normalized spacial score (nSPS) is 10.2. The number of hydrogen-bond donors (Lipinski definition) is 1. The second-order valence-corrected chi connectivity index (χ2v) is 4.85. The summed E-state index contributed by atoms with van der Waals surface area (Å²) < 4.78 is 5.62. The zero-order chi connectivity index (χ0) is 15.1. The summed E-state index contributed by atoms with van der Waals surface area (Å²) in [6.45, 7) is 4.75. The highest BCUT2D eigenvalue weighted by molar-refractivity contribution is 6.06. The molecular formula is C18H21NO2. The Kier molecular flexibility index (Phi) is 5.38. The zero-order valence-corrected chi connectivity index (χ0v) is 12.6. The Bertz CT molecular complexity index is 590. The maximum atomic E-state index is 12.4. The van der Waals surface area contributed by atoms with E-state index in [0.29, 0.717) is 17.9 Å². The van der Waals surface area contributed by atoms with Crippen LogP contribution in [-0.4, -0.2) is 12.5 Å². The molecule has 0 atom stereocenters. The largest absolute Gasteiger partial charge is 0.493 e. The molecule has 2 aromatic rings. The van der Waals surface area contributed by atoms with Crippen molar-refractivity contribution in [3.63, 3.8) is 0 Å². The van der Waals surface area contributed by atoms with E-state index in [1.165, 1.54) is 5.56 Å². The lowest BCUT2D eigenvalue weighted by Crippen LogP contribution is -2.13. The molecule has 0 aromatic heterocycles. The molecule has 21 heavy (non-hydrogen) atoms. The van der Waals surface area contributed by atoms with Gasteiger partial charge in [0.25, 0.3) is 5.91 Å². The van der Waals surface area contributed by atoms with Crippen LogP contribution in [0.3, 0.4) is 0 Å². The van der Waals surface area contributed by atoms with E-state index in [-0.39, 0.29) is 5.91 Å². The van der Waals surface area contributed by atoms with E-state index in [9.17, 15) is 4.79 Å². The predicted molar refractivity (Wildman–Crippen MR) is 86.0 cm³/mol. The maximum absolute atomic E-state index is 12.4. The van der Waals surface area contributed by atoms with E-state index in [0.717, 1.165) is 18.5 Å². The average molecular weight is 283 g/mol. The van der Waals surface area contributed by atoms with Gasteiger partial charge in [-0.05, 0) is 42.7 Å². The fourth-order valence-electron chi connectivity index (χ4n) is 2.01. The third-order valence-electron chi connectivity index (χ3n) is 3.21. The van der Waals surface area contributed by atoms with Crippen LogP contribution in [0.15, 0.2) is 48.5 Å². The molecule has 2 aromatic carbocycles. The Hall–Kier alpha value is -2.29. The van der Waals surface area contributed by atoms with Crippen LogP contribution in [-0.2, 0) is 6.42 Å². The van der Waals surface area contributed by atoms with E-state index >= 15 is 0 Å². The highest BCUT2D eigenvalue weighted by Crippen LogP contribution is 2.20. The minimum absolute atomic E-state index is 0.147. The van der Waals surface area contributed by atoms with Crippen LogP contribution in [0.25, 0.3) is 0 Å². The number of carbonyl (C=O) groups is 1. The first-order chi connectivity index (χ1) is 10.2. The van der Waals surface area contributed by atoms with E-state index in [1.807, 2.05) is 49.4 Å². The second-order valence-electron chi connectivity index (χ2n) is 4.85. The van der Waals surface area contributed by atoms with Crippen LogP contribution in [0.2, 0.25) is 0 Å². The molecule has 0 saturated carbocycles. The summed E-state index contributed by atoms with van der Waals surface area (Å²) in [7, 11) is 0. The number of amides is 1. The standard InChI is InChI=1S/C18H21NO2/c1-3-13-21-17-8-6-5-7-16(17)18(20)19-15-11-9-14(4-2)10-12-15/h5-12H,3-4,13H2,1-2H3,(H,19,20). The minimum atomic E-state index is -0.147. The summed E-state index contributed by atoms with van der Waals surface area (Å²) in [5, 5.41) is 2.91. The molecule has 1 N–H and O–H groups in total. The molecule has 110 valence electrons. The van der Waals surface area contributed by atoms with Crippen molar-refractivity contribution in [3.8, 4) is 5.75 Å². The molecule has 3 heteroatoms. The molecule has 0 saturated heterocycles. The molecule has 0 heterocycles. The third-order valence-corrected chi connectivity index (χ3v) is 3.21. The van der Waals surface area contributed by atoms with Gasteiger partial charge in [-0.15, -0.1) is 0 Å². The fourth-order valence-corrected chi connectivity index (χ4v) is 2.01. The first-order valence-electron chi connectivity index (χ1n) is 7.36. The molecule has 3 nitrogen and oxygen atoms in total. The molecule has 0 fully saturated rings. The van der Waals surface area contributed by atoms with Crippen LogP contribution in [0.4, 0.5) is 5.69 Å². The lowest BCUT2D eigenvalue weighted by molar-refractivity contribution is 0.102. The molecule has 0 unspecified atom stereocenters. The van der Waals surface area contributed by atoms with Crippen LogP contribution in [0, 0.1) is 0 Å². The number of rotatable bonds is 6. The molecule has 2 rings (SSSR count). The van der Waals surface area contributed by atoms with E-state index in [4.69, 9.17) is 4.74 Å². The van der Waals surface area contributed by atoms with Crippen LogP contribution < -0.4 is 10.1 Å². The van der Waals surface area contributed by atoms with Gasteiger partial charge in [-0.2, -0.15) is 0 Å². The summed E-state index contributed by atoms with van der Waals surface area (Å²) in [6.07, 6.45) is 1.90. The number of ether oxygens (including phenoxy) is 1. The Morgan fingerprint density at radius 2 is 1.76 bits per heavy atom. The number of carbonyl (C=O) groups excluding carboxylic acids is 1. The van der Waals surface area contributed by atoms with Crippen molar-refractivity contribution < 1.29 is 9.53 Å². The predicted octanol–water partition coefficient (Wildman–Crippen LogP) is 4.29. The van der Waals surface area contributed by atoms with Gasteiger partial charge in [-0.25, -0.2) is 0 Å². The number of hydrogen-bond acceptors (Lipinski definition) is 2. The summed E-state index contributed by atoms with van der Waals surface area (Å²) in [5.41, 5.74) is 2.60. The van der Waals surface area contributed by atoms with Crippen molar-refractivity contribution in [2.45, 2.75) is 26.7 Å². The summed E-state index contributed by atoms with van der Waals surface area (Å²) in [5.74, 6) is 0.480. The second kappa shape index (κ2) is 7.48. The number of para-hydroxylation sites is 1. The Morgan fingerprint density at radius 1 is 1.05 bits per heavy atom. The Balaban J connectivity index is 2.12. The number of benzene rings is 2. The average Bonchev–Trinajstić information content (AvgIpc) is 2.54. The van der Waals surface area contributed by atoms with E-state index in [1.54, 1.807) is 6.07 Å². The molecule has 0 spiro atoms. The van der Waals surface area contributed by atoms with Crippen molar-refractivity contribution in [2.24, 2.45) is 0 Å². The van der Waals surface area contributed by atoms with Crippen LogP contribution in [0.1, 0.15) is 36.2 Å². The fraction of sp³-hybridized carbons (Fsp3) is 0.278. The van der Waals surface area contributed by atoms with Gasteiger partial charge in [-0.1, -0.05) is 38.1 Å². The molecule has 0 aliphatic rings. The van der Waals surface area contributed by atoms with Gasteiger partial charge in [0, 0.05) is 5.69 Å². The summed E-state index contributed by atoms with van der Waals surface area (Å²) in [6, 6.07) is 15.2. The highest BCUT2D eigenvalue weighted by atomic mass is 16.5. The van der Waals surface area contributed by atoms with Crippen LogP contribution in [0.5, 0.6) is 5.75 Å². The van der Waals surface area contributed by atoms with Crippen molar-refractivity contribution in [1.82, 2.24) is 0 Å². The topological polar surface area (TPSA) is 38.3 Å². The number of nitrogens with one attached hydrogen (secondary N) is 1. The Morgan fingerprint density at radius 3 is 2.43 bits per heavy atom. The summed E-state index contributed by atoms with van der Waals surface area (Å²) in [4.78, 5) is 12.4. The molecule has 0 bridgehead atoms. The zero-order valence-electron chi connectivity index (χ0n) is 12.6. The van der Waals surface area contributed by atoms with Gasteiger partial charge < -0.3 is 10.1 Å². The summed E-state index contributed by atoms with van der Waals surface area (Å²) >= 11 is 0. The minimum Gasteiger partial charge on any atom is -0.493 e. The lowest BCUT2D eigenvalue weighted by Gasteiger charge is -2.11. The first-order valence-corrected chi connectivity index (χ1v) is 7.36. The molecule has 0 aliphatic carbocycles. The molecule has 0 aliphatic heterocycles. The highest BCUT2D eigenvalue weighted by Gasteiger charge is 2.12. The third kappa shape index (κ3) is 4.09. The molecule has 1 amide bonds. The van der Waals surface area contributed by atoms with Gasteiger partial charge in [-0.3, -0.25) is 4.79 Å². The van der Waals surface area contributed by atoms with Crippen LogP contribution >= 0.6 is 0 Å². The van der Waals surface area contributed by atoms with Crippen molar-refractivity contribution >= 4 is 11.6 Å².